The van der Waals surface area contributed by atoms with Crippen molar-refractivity contribution < 1.29 is 4.74 Å². The van der Waals surface area contributed by atoms with Crippen molar-refractivity contribution in [2.75, 3.05) is 19.0 Å². The summed E-state index contributed by atoms with van der Waals surface area (Å²) in [7, 11) is 1.72. The van der Waals surface area contributed by atoms with Crippen molar-refractivity contribution >= 4 is 27.6 Å². The maximum atomic E-state index is 5.25. The van der Waals surface area contributed by atoms with Gasteiger partial charge in [-0.2, -0.15) is 0 Å². The first-order valence-corrected chi connectivity index (χ1v) is 7.80. The highest BCUT2D eigenvalue weighted by Crippen LogP contribution is 2.31. The van der Waals surface area contributed by atoms with E-state index in [0.29, 0.717) is 6.61 Å². The van der Waals surface area contributed by atoms with Crippen molar-refractivity contribution in [3.8, 4) is 0 Å². The molecule has 114 valence electrons. The molecule has 0 aliphatic carbocycles. The first-order valence-electron chi connectivity index (χ1n) is 7.00. The van der Waals surface area contributed by atoms with Crippen LogP contribution in [-0.4, -0.2) is 23.3 Å². The summed E-state index contributed by atoms with van der Waals surface area (Å²) in [4.78, 5) is 4.59. The zero-order valence-corrected chi connectivity index (χ0v) is 14.8. The Morgan fingerprint density at radius 1 is 1.33 bits per heavy atom. The average Bonchev–Trinajstić information content (AvgIpc) is 2.75. The van der Waals surface area contributed by atoms with Crippen LogP contribution in [0.3, 0.4) is 0 Å². The molecule has 0 saturated heterocycles. The number of hydrogen-bond acceptors (Lipinski definition) is 3. The summed E-state index contributed by atoms with van der Waals surface area (Å²) in [5.74, 6) is 0.838. The highest BCUT2D eigenvalue weighted by Gasteiger charge is 2.14. The molecule has 1 atom stereocenters. The Balaban J connectivity index is 2.36. The molecule has 0 amide bonds. The Hall–Kier alpha value is -1.33. The second-order valence-electron chi connectivity index (χ2n) is 5.48. The SMILES string of the molecule is COCC(C)n1cc(C)nc1Nc1c(C)cc(C)cc1Br. The number of hydrogen-bond donors (Lipinski definition) is 1. The van der Waals surface area contributed by atoms with Gasteiger partial charge in [0.05, 0.1) is 24.0 Å². The van der Waals surface area contributed by atoms with Crippen molar-refractivity contribution in [1.29, 1.82) is 0 Å². The van der Waals surface area contributed by atoms with Crippen LogP contribution in [-0.2, 0) is 4.74 Å². The number of rotatable bonds is 5. The van der Waals surface area contributed by atoms with Crippen molar-refractivity contribution in [2.45, 2.75) is 33.7 Å². The van der Waals surface area contributed by atoms with E-state index in [0.717, 1.165) is 21.8 Å². The van der Waals surface area contributed by atoms with E-state index >= 15 is 0 Å². The molecule has 5 heteroatoms. The van der Waals surface area contributed by atoms with Gasteiger partial charge in [-0.1, -0.05) is 6.07 Å². The lowest BCUT2D eigenvalue weighted by atomic mass is 10.1. The van der Waals surface area contributed by atoms with Gasteiger partial charge < -0.3 is 14.6 Å². The molecule has 4 nitrogen and oxygen atoms in total. The molecule has 0 spiro atoms. The summed E-state index contributed by atoms with van der Waals surface area (Å²) >= 11 is 3.63. The van der Waals surface area contributed by atoms with Gasteiger partial charge in [-0.25, -0.2) is 4.98 Å². The zero-order chi connectivity index (χ0) is 15.6. The van der Waals surface area contributed by atoms with Crippen LogP contribution in [0.4, 0.5) is 11.6 Å². The van der Waals surface area contributed by atoms with Gasteiger partial charge in [-0.05, 0) is 60.8 Å². The quantitative estimate of drug-likeness (QED) is 0.860. The number of nitrogens with one attached hydrogen (secondary N) is 1. The molecule has 0 radical (unpaired) electrons. The van der Waals surface area contributed by atoms with E-state index in [-0.39, 0.29) is 6.04 Å². The Morgan fingerprint density at radius 2 is 2.05 bits per heavy atom. The third-order valence-electron chi connectivity index (χ3n) is 3.40. The van der Waals surface area contributed by atoms with Gasteiger partial charge in [0.25, 0.3) is 0 Å². The zero-order valence-electron chi connectivity index (χ0n) is 13.2. The van der Waals surface area contributed by atoms with Crippen LogP contribution in [0.15, 0.2) is 22.8 Å². The molecule has 2 rings (SSSR count). The van der Waals surface area contributed by atoms with Crippen LogP contribution in [0, 0.1) is 20.8 Å². The summed E-state index contributed by atoms with van der Waals surface area (Å²) in [6.45, 7) is 8.95. The van der Waals surface area contributed by atoms with Gasteiger partial charge in [0.15, 0.2) is 0 Å². The van der Waals surface area contributed by atoms with Gasteiger partial charge in [0.1, 0.15) is 0 Å². The van der Waals surface area contributed by atoms with Gasteiger partial charge >= 0.3 is 0 Å². The van der Waals surface area contributed by atoms with Crippen LogP contribution >= 0.6 is 15.9 Å². The first kappa shape index (κ1) is 16.0. The van der Waals surface area contributed by atoms with E-state index in [1.165, 1.54) is 11.1 Å². The average molecular weight is 352 g/mol. The summed E-state index contributed by atoms with van der Waals surface area (Å²) in [6, 6.07) is 4.49. The number of halogens is 1. The highest BCUT2D eigenvalue weighted by molar-refractivity contribution is 9.10. The van der Waals surface area contributed by atoms with E-state index < -0.39 is 0 Å². The maximum Gasteiger partial charge on any atom is 0.207 e. The predicted octanol–water partition coefficient (Wildman–Crippen LogP) is 4.52. The second-order valence-corrected chi connectivity index (χ2v) is 6.34. The van der Waals surface area contributed by atoms with Gasteiger partial charge in [-0.3, -0.25) is 0 Å². The van der Waals surface area contributed by atoms with Crippen LogP contribution in [0.25, 0.3) is 0 Å². The molecular formula is C16H22BrN3O. The number of nitrogens with zero attached hydrogens (tertiary/aromatic N) is 2. The molecule has 2 aromatic rings. The number of aryl methyl sites for hydroxylation is 3. The molecule has 0 saturated carbocycles. The number of imidazole rings is 1. The summed E-state index contributed by atoms with van der Waals surface area (Å²) < 4.78 is 8.41. The largest absolute Gasteiger partial charge is 0.383 e. The van der Waals surface area contributed by atoms with Crippen molar-refractivity contribution in [3.05, 3.63) is 39.6 Å². The molecule has 0 aliphatic heterocycles. The summed E-state index contributed by atoms with van der Waals surface area (Å²) in [6.07, 6.45) is 2.05. The standard InChI is InChI=1S/C16H22BrN3O/c1-10-6-11(2)15(14(17)7-10)19-16-18-12(3)8-20(16)13(4)9-21-5/h6-8,13H,9H2,1-5H3,(H,18,19). The fraction of sp³-hybridized carbons (Fsp3) is 0.438. The molecule has 0 bridgehead atoms. The predicted molar refractivity (Wildman–Crippen MR) is 90.4 cm³/mol. The Kier molecular flexibility index (Phi) is 5.06. The molecule has 1 aromatic carbocycles. The third-order valence-corrected chi connectivity index (χ3v) is 4.03. The number of ether oxygens (including phenoxy) is 1. The number of aromatic nitrogens is 2. The summed E-state index contributed by atoms with van der Waals surface area (Å²) in [5.41, 5.74) is 4.46. The van der Waals surface area contributed by atoms with Crippen LogP contribution in [0.5, 0.6) is 0 Å². The highest BCUT2D eigenvalue weighted by atomic mass is 79.9. The monoisotopic (exact) mass is 351 g/mol. The van der Waals surface area contributed by atoms with Gasteiger partial charge in [0.2, 0.25) is 5.95 Å². The molecule has 1 unspecified atom stereocenters. The molecule has 1 aromatic heterocycles. The van der Waals surface area contributed by atoms with Crippen LogP contribution < -0.4 is 5.32 Å². The van der Waals surface area contributed by atoms with E-state index in [1.54, 1.807) is 7.11 Å². The lowest BCUT2D eigenvalue weighted by Gasteiger charge is -2.18. The molecule has 0 fully saturated rings. The third kappa shape index (κ3) is 3.66. The van der Waals surface area contributed by atoms with Crippen molar-refractivity contribution in [2.24, 2.45) is 0 Å². The van der Waals surface area contributed by atoms with E-state index in [1.807, 2.05) is 13.1 Å². The minimum atomic E-state index is 0.225. The second kappa shape index (κ2) is 6.62. The number of benzene rings is 1. The lowest BCUT2D eigenvalue weighted by Crippen LogP contribution is -2.13. The van der Waals surface area contributed by atoms with Gasteiger partial charge in [-0.15, -0.1) is 0 Å². The van der Waals surface area contributed by atoms with Crippen molar-refractivity contribution in [3.63, 3.8) is 0 Å². The smallest absolute Gasteiger partial charge is 0.207 e. The molecule has 21 heavy (non-hydrogen) atoms. The summed E-state index contributed by atoms with van der Waals surface area (Å²) in [5, 5.41) is 3.45. The molecule has 1 N–H and O–H groups in total. The number of methoxy groups -OCH3 is 1. The fourth-order valence-corrected chi connectivity index (χ4v) is 3.22. The molecule has 1 heterocycles. The Bertz CT molecular complexity index is 613. The minimum Gasteiger partial charge on any atom is -0.383 e. The first-order chi connectivity index (χ1) is 9.92. The maximum absolute atomic E-state index is 5.25. The normalized spacial score (nSPS) is 12.5. The molecular weight excluding hydrogens is 330 g/mol. The topological polar surface area (TPSA) is 39.1 Å². The van der Waals surface area contributed by atoms with E-state index in [9.17, 15) is 0 Å². The number of anilines is 2. The van der Waals surface area contributed by atoms with Crippen LogP contribution in [0.2, 0.25) is 0 Å². The van der Waals surface area contributed by atoms with Crippen molar-refractivity contribution in [1.82, 2.24) is 9.55 Å². The Morgan fingerprint density at radius 3 is 2.67 bits per heavy atom. The van der Waals surface area contributed by atoms with Gasteiger partial charge in [0, 0.05) is 17.8 Å². The van der Waals surface area contributed by atoms with E-state index in [2.05, 4.69) is 63.7 Å². The lowest BCUT2D eigenvalue weighted by molar-refractivity contribution is 0.163. The van der Waals surface area contributed by atoms with Crippen LogP contribution in [0.1, 0.15) is 29.8 Å². The molecule has 0 aliphatic rings. The van der Waals surface area contributed by atoms with E-state index in [4.69, 9.17) is 4.74 Å². The Labute approximate surface area is 134 Å². The fourth-order valence-electron chi connectivity index (χ4n) is 2.45. The minimum absolute atomic E-state index is 0.225.